The number of hydrogen-bond acceptors (Lipinski definition) is 1. The summed E-state index contributed by atoms with van der Waals surface area (Å²) in [6, 6.07) is 4.20. The van der Waals surface area contributed by atoms with Crippen LogP contribution in [0.25, 0.3) is 0 Å². The summed E-state index contributed by atoms with van der Waals surface area (Å²) in [7, 11) is 0. The Morgan fingerprint density at radius 2 is 2.12 bits per heavy atom. The maximum Gasteiger partial charge on any atom is 0.174 e. The van der Waals surface area contributed by atoms with Crippen LogP contribution in [0.4, 0.5) is 0 Å². The van der Waals surface area contributed by atoms with Gasteiger partial charge in [-0.2, -0.15) is 0 Å². The van der Waals surface area contributed by atoms with Crippen LogP contribution in [0, 0.1) is 17.5 Å². The molecular formula is C13H20N2O. The number of hydroxylamine groups is 1. The number of nitrogens with one attached hydrogen (secondary N) is 1. The van der Waals surface area contributed by atoms with Gasteiger partial charge in [0.1, 0.15) is 0 Å². The normalized spacial score (nSPS) is 24.1. The van der Waals surface area contributed by atoms with Crippen molar-refractivity contribution < 1.29 is 4.74 Å². The molecule has 1 aromatic heterocycles. The van der Waals surface area contributed by atoms with Crippen LogP contribution in [0.1, 0.15) is 38.6 Å². The van der Waals surface area contributed by atoms with Crippen molar-refractivity contribution in [2.75, 3.05) is 0 Å². The molecule has 2 rings (SSSR count). The van der Waals surface area contributed by atoms with E-state index in [1.54, 1.807) is 0 Å². The van der Waals surface area contributed by atoms with Crippen LogP contribution in [-0.4, -0.2) is 21.5 Å². The second kappa shape index (κ2) is 3.65. The quantitative estimate of drug-likeness (QED) is 0.604. The summed E-state index contributed by atoms with van der Waals surface area (Å²) in [5.74, 6) is 0. The van der Waals surface area contributed by atoms with Crippen molar-refractivity contribution in [1.29, 1.82) is 0 Å². The van der Waals surface area contributed by atoms with Crippen LogP contribution >= 0.6 is 0 Å². The number of H-pyrrole nitrogens is 1. The maximum atomic E-state index is 12.0. The Morgan fingerprint density at radius 3 is 2.56 bits per heavy atom. The predicted molar refractivity (Wildman–Crippen MR) is 65.7 cm³/mol. The van der Waals surface area contributed by atoms with Crippen LogP contribution in [0.15, 0.2) is 12.1 Å². The Morgan fingerprint density at radius 1 is 1.44 bits per heavy atom. The second-order valence-corrected chi connectivity index (χ2v) is 5.61. The highest BCUT2D eigenvalue weighted by Crippen LogP contribution is 2.35. The molecule has 0 fully saturated rings. The lowest BCUT2D eigenvalue weighted by Gasteiger charge is -2.24. The van der Waals surface area contributed by atoms with Crippen molar-refractivity contribution in [3.63, 3.8) is 0 Å². The Bertz CT molecular complexity index is 429. The first-order valence-corrected chi connectivity index (χ1v) is 5.83. The highest BCUT2D eigenvalue weighted by atomic mass is 16.5. The van der Waals surface area contributed by atoms with Gasteiger partial charge in [-0.25, -0.2) is 4.74 Å². The molecule has 1 aliphatic rings. The lowest BCUT2D eigenvalue weighted by Crippen LogP contribution is -2.33. The van der Waals surface area contributed by atoms with E-state index in [1.807, 2.05) is 13.8 Å². The predicted octanol–water partition coefficient (Wildman–Crippen LogP) is 2.64. The molecular weight excluding hydrogens is 200 g/mol. The van der Waals surface area contributed by atoms with Gasteiger partial charge in [0.2, 0.25) is 0 Å². The van der Waals surface area contributed by atoms with Crippen LogP contribution in [0.5, 0.6) is 0 Å². The zero-order valence-electron chi connectivity index (χ0n) is 10.5. The largest absolute Gasteiger partial charge is 0.624 e. The van der Waals surface area contributed by atoms with E-state index in [0.717, 1.165) is 29.9 Å². The van der Waals surface area contributed by atoms with Crippen molar-refractivity contribution in [1.82, 2.24) is 4.98 Å². The topological polar surface area (TPSA) is 41.9 Å². The molecule has 0 saturated heterocycles. The zero-order chi connectivity index (χ0) is 11.9. The van der Waals surface area contributed by atoms with Crippen molar-refractivity contribution in [3.8, 4) is 0 Å². The average molecular weight is 220 g/mol. The minimum atomic E-state index is 0.0607. The van der Waals surface area contributed by atoms with Gasteiger partial charge in [0, 0.05) is 30.1 Å². The van der Waals surface area contributed by atoms with E-state index in [9.17, 15) is 5.21 Å². The first-order chi connectivity index (χ1) is 7.40. The lowest BCUT2D eigenvalue weighted by atomic mass is 9.81. The highest BCUT2D eigenvalue weighted by molar-refractivity contribution is 5.79. The molecule has 2 heterocycles. The molecule has 1 N–H and O–H groups in total. The third-order valence-corrected chi connectivity index (χ3v) is 3.58. The summed E-state index contributed by atoms with van der Waals surface area (Å²) in [5, 5.41) is 12.0. The molecule has 0 radical (unpaired) electrons. The second-order valence-electron chi connectivity index (χ2n) is 5.61. The molecule has 1 aliphatic heterocycles. The Balaban J connectivity index is 2.20. The fourth-order valence-electron chi connectivity index (χ4n) is 2.69. The summed E-state index contributed by atoms with van der Waals surface area (Å²) in [6.07, 6.45) is 1.71. The Kier molecular flexibility index (Phi) is 2.56. The molecule has 88 valence electrons. The fraction of sp³-hybridized carbons (Fsp3) is 0.615. The molecule has 0 spiro atoms. The zero-order valence-corrected chi connectivity index (χ0v) is 10.5. The standard InChI is InChI=1S/C13H20N2O/c1-9-5-6-11(14-9)7-12-13(3,4)8-10(2)15(12)16/h5-6,12,14H,7-8H2,1-4H3. The van der Waals surface area contributed by atoms with E-state index in [1.165, 1.54) is 4.74 Å². The van der Waals surface area contributed by atoms with Gasteiger partial charge in [-0.05, 0) is 19.1 Å². The Labute approximate surface area is 96.8 Å². The minimum Gasteiger partial charge on any atom is -0.624 e. The third-order valence-electron chi connectivity index (χ3n) is 3.58. The number of aromatic amines is 1. The van der Waals surface area contributed by atoms with Crippen LogP contribution < -0.4 is 0 Å². The van der Waals surface area contributed by atoms with Crippen molar-refractivity contribution in [2.45, 2.75) is 46.6 Å². The van der Waals surface area contributed by atoms with E-state index in [4.69, 9.17) is 0 Å². The van der Waals surface area contributed by atoms with E-state index in [2.05, 4.69) is 31.0 Å². The number of aromatic nitrogens is 1. The minimum absolute atomic E-state index is 0.0607. The summed E-state index contributed by atoms with van der Waals surface area (Å²) in [5.41, 5.74) is 3.35. The number of nitrogens with zero attached hydrogens (tertiary/aromatic N) is 1. The van der Waals surface area contributed by atoms with Gasteiger partial charge in [0.05, 0.1) is 6.42 Å². The van der Waals surface area contributed by atoms with Gasteiger partial charge in [-0.3, -0.25) is 0 Å². The molecule has 0 bridgehead atoms. The van der Waals surface area contributed by atoms with Crippen LogP contribution in [0.3, 0.4) is 0 Å². The van der Waals surface area contributed by atoms with E-state index >= 15 is 0 Å². The molecule has 1 atom stereocenters. The molecule has 3 heteroatoms. The Hall–Kier alpha value is -1.25. The van der Waals surface area contributed by atoms with Gasteiger partial charge in [-0.15, -0.1) is 0 Å². The van der Waals surface area contributed by atoms with Crippen molar-refractivity contribution in [3.05, 3.63) is 28.7 Å². The summed E-state index contributed by atoms with van der Waals surface area (Å²) in [6.45, 7) is 8.33. The summed E-state index contributed by atoms with van der Waals surface area (Å²) >= 11 is 0. The first kappa shape index (κ1) is 11.2. The molecule has 0 aromatic carbocycles. The van der Waals surface area contributed by atoms with Crippen LogP contribution in [0.2, 0.25) is 0 Å². The molecule has 1 unspecified atom stereocenters. The number of aryl methyl sites for hydroxylation is 1. The fourth-order valence-corrected chi connectivity index (χ4v) is 2.69. The summed E-state index contributed by atoms with van der Waals surface area (Å²) in [4.78, 5) is 3.30. The number of rotatable bonds is 2. The van der Waals surface area contributed by atoms with Crippen molar-refractivity contribution >= 4 is 5.71 Å². The lowest BCUT2D eigenvalue weighted by molar-refractivity contribution is -0.506. The van der Waals surface area contributed by atoms with E-state index < -0.39 is 0 Å². The maximum absolute atomic E-state index is 12.0. The molecule has 3 nitrogen and oxygen atoms in total. The smallest absolute Gasteiger partial charge is 0.174 e. The highest BCUT2D eigenvalue weighted by Gasteiger charge is 2.44. The van der Waals surface area contributed by atoms with Gasteiger partial charge >= 0.3 is 0 Å². The monoisotopic (exact) mass is 220 g/mol. The van der Waals surface area contributed by atoms with Crippen LogP contribution in [-0.2, 0) is 6.42 Å². The SMILES string of the molecule is CC1=[N+]([O-])C(Cc2ccc(C)[nH]2)C(C)(C)C1. The number of hydrogen-bond donors (Lipinski definition) is 1. The molecule has 0 saturated carbocycles. The molecule has 0 aliphatic carbocycles. The van der Waals surface area contributed by atoms with Gasteiger partial charge in [0.25, 0.3) is 0 Å². The average Bonchev–Trinajstić information content (AvgIpc) is 2.65. The third kappa shape index (κ3) is 1.86. The molecule has 0 amide bonds. The van der Waals surface area contributed by atoms with E-state index in [-0.39, 0.29) is 11.5 Å². The van der Waals surface area contributed by atoms with Gasteiger partial charge < -0.3 is 10.2 Å². The molecule has 1 aromatic rings. The van der Waals surface area contributed by atoms with E-state index in [0.29, 0.717) is 0 Å². The first-order valence-electron chi connectivity index (χ1n) is 5.83. The molecule has 16 heavy (non-hydrogen) atoms. The summed E-state index contributed by atoms with van der Waals surface area (Å²) < 4.78 is 1.20. The van der Waals surface area contributed by atoms with Crippen molar-refractivity contribution in [2.24, 2.45) is 5.41 Å². The van der Waals surface area contributed by atoms with Gasteiger partial charge in [-0.1, -0.05) is 13.8 Å². The van der Waals surface area contributed by atoms with Gasteiger partial charge in [0.15, 0.2) is 11.8 Å².